The largest absolute Gasteiger partial charge is 0.489 e. The number of nitrogens with zero attached hydrogens (tertiary/aromatic N) is 3. The molecule has 0 aliphatic carbocycles. The minimum absolute atomic E-state index is 0.0726. The molecule has 1 fully saturated rings. The van der Waals surface area contributed by atoms with Crippen LogP contribution in [-0.4, -0.2) is 68.3 Å². The molecule has 1 N–H and O–H groups in total. The number of carbonyl (C=O) groups excluding carboxylic acids is 1. The molecule has 2 heterocycles. The number of rotatable bonds is 8. The highest BCUT2D eigenvalue weighted by Gasteiger charge is 2.26. The second-order valence-electron chi connectivity index (χ2n) is 6.86. The van der Waals surface area contributed by atoms with Crippen molar-refractivity contribution in [1.82, 2.24) is 9.88 Å². The normalized spacial score (nSPS) is 15.8. The van der Waals surface area contributed by atoms with Crippen molar-refractivity contribution in [3.8, 4) is 5.75 Å². The number of pyridine rings is 1. The van der Waals surface area contributed by atoms with Gasteiger partial charge in [0.25, 0.3) is 0 Å². The maximum Gasteiger partial charge on any atom is 0.242 e. The van der Waals surface area contributed by atoms with Crippen LogP contribution < -0.4 is 15.0 Å². The third kappa shape index (κ3) is 5.82. The molecule has 156 valence electrons. The fraction of sp³-hybridized carbons (Fsp3) is 0.429. The summed E-state index contributed by atoms with van der Waals surface area (Å²) in [5.74, 6) is 1.29. The van der Waals surface area contributed by atoms with E-state index in [4.69, 9.17) is 21.1 Å². The van der Waals surface area contributed by atoms with Gasteiger partial charge in [-0.15, -0.1) is 0 Å². The summed E-state index contributed by atoms with van der Waals surface area (Å²) in [6.07, 6.45) is 1.52. The van der Waals surface area contributed by atoms with E-state index < -0.39 is 0 Å². The minimum Gasteiger partial charge on any atom is -0.489 e. The highest BCUT2D eigenvalue weighted by molar-refractivity contribution is 6.30. The molecule has 8 heteroatoms. The van der Waals surface area contributed by atoms with Gasteiger partial charge in [-0.3, -0.25) is 9.69 Å². The smallest absolute Gasteiger partial charge is 0.242 e. The van der Waals surface area contributed by atoms with Crippen molar-refractivity contribution in [2.75, 3.05) is 56.7 Å². The fourth-order valence-electron chi connectivity index (χ4n) is 3.27. The highest BCUT2D eigenvalue weighted by atomic mass is 35.5. The lowest BCUT2D eigenvalue weighted by molar-refractivity contribution is -0.120. The van der Waals surface area contributed by atoms with Gasteiger partial charge in [0.05, 0.1) is 23.4 Å². The van der Waals surface area contributed by atoms with Gasteiger partial charge in [0.2, 0.25) is 5.91 Å². The lowest BCUT2D eigenvalue weighted by atomic mass is 10.2. The Hall–Kier alpha value is -2.35. The highest BCUT2D eigenvalue weighted by Crippen LogP contribution is 2.29. The molecule has 0 bridgehead atoms. The molecule has 0 spiro atoms. The quantitative estimate of drug-likeness (QED) is 0.665. The number of piperazine rings is 1. The van der Waals surface area contributed by atoms with E-state index in [1.165, 1.54) is 6.20 Å². The van der Waals surface area contributed by atoms with E-state index in [1.54, 1.807) is 19.2 Å². The molecule has 1 amide bonds. The van der Waals surface area contributed by atoms with Crippen molar-refractivity contribution in [3.63, 3.8) is 0 Å². The summed E-state index contributed by atoms with van der Waals surface area (Å²) in [4.78, 5) is 21.2. The second kappa shape index (κ2) is 10.4. The lowest BCUT2D eigenvalue weighted by Gasteiger charge is -2.38. The van der Waals surface area contributed by atoms with Gasteiger partial charge >= 0.3 is 0 Å². The molecule has 3 rings (SSSR count). The van der Waals surface area contributed by atoms with Crippen LogP contribution in [0.15, 0.2) is 42.6 Å². The van der Waals surface area contributed by atoms with E-state index in [1.807, 2.05) is 25.1 Å². The molecule has 1 aromatic heterocycles. The Bertz CT molecular complexity index is 795. The monoisotopic (exact) mass is 418 g/mol. The molecule has 2 aromatic rings. The van der Waals surface area contributed by atoms with E-state index in [2.05, 4.69) is 26.2 Å². The van der Waals surface area contributed by atoms with E-state index in [9.17, 15) is 4.79 Å². The van der Waals surface area contributed by atoms with Gasteiger partial charge in [0, 0.05) is 39.5 Å². The zero-order valence-electron chi connectivity index (χ0n) is 16.8. The Balaban J connectivity index is 1.54. The van der Waals surface area contributed by atoms with E-state index in [0.29, 0.717) is 24.1 Å². The number of aromatic nitrogens is 1. The van der Waals surface area contributed by atoms with Crippen LogP contribution >= 0.6 is 11.6 Å². The number of nitrogens with one attached hydrogen (secondary N) is 1. The maximum atomic E-state index is 12.6. The summed E-state index contributed by atoms with van der Waals surface area (Å²) >= 11 is 5.84. The molecule has 7 nitrogen and oxygen atoms in total. The van der Waals surface area contributed by atoms with Crippen molar-refractivity contribution in [3.05, 3.63) is 47.6 Å². The lowest BCUT2D eigenvalue weighted by Crippen LogP contribution is -2.53. The van der Waals surface area contributed by atoms with Crippen LogP contribution in [0, 0.1) is 0 Å². The number of hydrogen-bond acceptors (Lipinski definition) is 6. The molecule has 0 saturated carbocycles. The second-order valence-corrected chi connectivity index (χ2v) is 7.30. The third-order valence-corrected chi connectivity index (χ3v) is 5.19. The Kier molecular flexibility index (Phi) is 7.69. The number of anilines is 2. The van der Waals surface area contributed by atoms with Crippen LogP contribution in [0.2, 0.25) is 5.02 Å². The number of ether oxygens (including phenoxy) is 2. The number of hydrogen-bond donors (Lipinski definition) is 1. The molecule has 1 atom stereocenters. The first-order valence-electron chi connectivity index (χ1n) is 9.70. The van der Waals surface area contributed by atoms with Crippen LogP contribution in [0.5, 0.6) is 5.75 Å². The van der Waals surface area contributed by atoms with Crippen molar-refractivity contribution in [1.29, 1.82) is 0 Å². The van der Waals surface area contributed by atoms with Crippen LogP contribution in [-0.2, 0) is 9.53 Å². The first-order chi connectivity index (χ1) is 14.1. The van der Waals surface area contributed by atoms with Gasteiger partial charge in [-0.25, -0.2) is 4.98 Å². The van der Waals surface area contributed by atoms with Crippen molar-refractivity contribution in [2.24, 2.45) is 0 Å². The predicted molar refractivity (Wildman–Crippen MR) is 115 cm³/mol. The van der Waals surface area contributed by atoms with Gasteiger partial charge in [0.15, 0.2) is 0 Å². The summed E-state index contributed by atoms with van der Waals surface area (Å²) in [6, 6.07) is 11.2. The summed E-state index contributed by atoms with van der Waals surface area (Å²) in [6.45, 7) is 6.20. The van der Waals surface area contributed by atoms with Crippen LogP contribution in [0.3, 0.4) is 0 Å². The third-order valence-electron chi connectivity index (χ3n) is 4.97. The first-order valence-corrected chi connectivity index (χ1v) is 10.1. The maximum absolute atomic E-state index is 12.6. The number of halogens is 1. The molecule has 29 heavy (non-hydrogen) atoms. The summed E-state index contributed by atoms with van der Waals surface area (Å²) in [5, 5.41) is 3.39. The zero-order valence-corrected chi connectivity index (χ0v) is 17.6. The first kappa shape index (κ1) is 21.4. The molecular weight excluding hydrogens is 392 g/mol. The van der Waals surface area contributed by atoms with Gasteiger partial charge in [-0.1, -0.05) is 23.7 Å². The van der Waals surface area contributed by atoms with Crippen LogP contribution in [0.4, 0.5) is 11.5 Å². The Morgan fingerprint density at radius 3 is 2.62 bits per heavy atom. The van der Waals surface area contributed by atoms with Crippen molar-refractivity contribution >= 4 is 29.0 Å². The molecule has 1 aliphatic rings. The Labute approximate surface area is 176 Å². The summed E-state index contributed by atoms with van der Waals surface area (Å²) in [5.41, 5.74) is 1.07. The van der Waals surface area contributed by atoms with Crippen molar-refractivity contribution < 1.29 is 14.3 Å². The standard InChI is InChI=1S/C21H27ClN4O3/c1-16(21(27)24-20-8-7-17(22)15-23-20)25-9-11-26(12-10-25)18-5-3-4-6-19(18)29-14-13-28-2/h3-8,15-16H,9-14H2,1-2H3,(H,23,24,27). The van der Waals surface area contributed by atoms with Gasteiger partial charge < -0.3 is 19.7 Å². The molecule has 1 aromatic carbocycles. The number of methoxy groups -OCH3 is 1. The summed E-state index contributed by atoms with van der Waals surface area (Å²) < 4.78 is 10.9. The minimum atomic E-state index is -0.247. The number of benzene rings is 1. The van der Waals surface area contributed by atoms with Gasteiger partial charge in [-0.05, 0) is 31.2 Å². The average Bonchev–Trinajstić information content (AvgIpc) is 2.75. The molecule has 1 aliphatic heterocycles. The van der Waals surface area contributed by atoms with Crippen LogP contribution in [0.1, 0.15) is 6.92 Å². The number of amides is 1. The average molecular weight is 419 g/mol. The Morgan fingerprint density at radius 2 is 1.93 bits per heavy atom. The van der Waals surface area contributed by atoms with E-state index >= 15 is 0 Å². The van der Waals surface area contributed by atoms with Crippen molar-refractivity contribution in [2.45, 2.75) is 13.0 Å². The molecule has 0 radical (unpaired) electrons. The zero-order chi connectivity index (χ0) is 20.6. The molecular formula is C21H27ClN4O3. The SMILES string of the molecule is COCCOc1ccccc1N1CCN(C(C)C(=O)Nc2ccc(Cl)cn2)CC1. The topological polar surface area (TPSA) is 66.9 Å². The van der Waals surface area contributed by atoms with Gasteiger partial charge in [-0.2, -0.15) is 0 Å². The van der Waals surface area contributed by atoms with Crippen LogP contribution in [0.25, 0.3) is 0 Å². The van der Waals surface area contributed by atoms with E-state index in [0.717, 1.165) is 37.6 Å². The van der Waals surface area contributed by atoms with Gasteiger partial charge in [0.1, 0.15) is 18.2 Å². The predicted octanol–water partition coefficient (Wildman–Crippen LogP) is 2.91. The van der Waals surface area contributed by atoms with E-state index in [-0.39, 0.29) is 11.9 Å². The Morgan fingerprint density at radius 1 is 1.17 bits per heavy atom. The fourth-order valence-corrected chi connectivity index (χ4v) is 3.38. The number of carbonyl (C=O) groups is 1. The summed E-state index contributed by atoms with van der Waals surface area (Å²) in [7, 11) is 1.66. The molecule has 1 unspecified atom stereocenters. The number of para-hydroxylation sites is 2. The molecule has 1 saturated heterocycles.